The average Bonchev–Trinajstić information content (AvgIpc) is 3.22. The molecule has 36 heavy (non-hydrogen) atoms. The van der Waals surface area contributed by atoms with Crippen molar-refractivity contribution >= 4 is 0 Å². The van der Waals surface area contributed by atoms with Gasteiger partial charge in [0.25, 0.3) is 5.60 Å². The van der Waals surface area contributed by atoms with Crippen LogP contribution in [0.15, 0.2) is 0 Å². The van der Waals surface area contributed by atoms with Crippen molar-refractivity contribution in [1.29, 1.82) is 0 Å². The predicted molar refractivity (Wildman–Crippen MR) is 115 cm³/mol. The maximum absolute atomic E-state index is 14.5. The number of hydrogen-bond donors (Lipinski definition) is 0. The second-order valence-corrected chi connectivity index (χ2v) is 12.0. The Morgan fingerprint density at radius 3 is 1.86 bits per heavy atom. The van der Waals surface area contributed by atoms with Gasteiger partial charge in [0.05, 0.1) is 11.5 Å². The normalized spacial score (nSPS) is 38.2. The van der Waals surface area contributed by atoms with Crippen LogP contribution in [0.3, 0.4) is 0 Å². The summed E-state index contributed by atoms with van der Waals surface area (Å²) >= 11 is 0. The van der Waals surface area contributed by atoms with E-state index < -0.39 is 73.0 Å². The molecule has 3 saturated carbocycles. The molecule has 0 amide bonds. The number of alkyl halides is 9. The van der Waals surface area contributed by atoms with Gasteiger partial charge >= 0.3 is 18.5 Å². The highest BCUT2D eigenvalue weighted by molar-refractivity contribution is 5.13. The number of fused-ring (bicyclic) bond motifs is 2. The van der Waals surface area contributed by atoms with Crippen molar-refractivity contribution in [2.45, 2.75) is 103 Å². The van der Waals surface area contributed by atoms with Crippen molar-refractivity contribution in [2.75, 3.05) is 6.79 Å². The molecule has 0 aromatic carbocycles. The molecule has 3 rings (SSSR count). The zero-order chi connectivity index (χ0) is 27.5. The van der Waals surface area contributed by atoms with Crippen LogP contribution in [0.2, 0.25) is 0 Å². The van der Waals surface area contributed by atoms with Crippen molar-refractivity contribution in [1.82, 2.24) is 0 Å². The lowest BCUT2D eigenvalue weighted by Gasteiger charge is -2.49. The van der Waals surface area contributed by atoms with Gasteiger partial charge in [-0.3, -0.25) is 0 Å². The zero-order valence-electron chi connectivity index (χ0n) is 21.3. The van der Waals surface area contributed by atoms with Crippen LogP contribution in [-0.2, 0) is 9.47 Å². The summed E-state index contributed by atoms with van der Waals surface area (Å²) in [5.41, 5.74) is -8.13. The fraction of sp³-hybridized carbons (Fsp3) is 1.00. The molecule has 212 valence electrons. The van der Waals surface area contributed by atoms with Crippen molar-refractivity contribution in [3.63, 3.8) is 0 Å². The van der Waals surface area contributed by atoms with Gasteiger partial charge in [0.15, 0.2) is 0 Å². The molecule has 8 atom stereocenters. The first kappa shape index (κ1) is 29.8. The molecule has 2 bridgehead atoms. The summed E-state index contributed by atoms with van der Waals surface area (Å²) in [6, 6.07) is 0. The third kappa shape index (κ3) is 5.00. The van der Waals surface area contributed by atoms with E-state index in [4.69, 9.17) is 4.74 Å². The van der Waals surface area contributed by atoms with Gasteiger partial charge in [0, 0.05) is 6.42 Å². The van der Waals surface area contributed by atoms with Crippen LogP contribution >= 0.6 is 0 Å². The Kier molecular flexibility index (Phi) is 8.12. The van der Waals surface area contributed by atoms with Crippen LogP contribution in [-0.4, -0.2) is 37.0 Å². The van der Waals surface area contributed by atoms with E-state index in [0.717, 1.165) is 6.42 Å². The SMILES string of the molecule is CC1CCC(C(C)C)C(OCOC(CC2(C(F)(F)F)CC3CC2C(C)C3C)(C(F)(F)F)C(F)(F)F)C1. The molecule has 3 aliphatic rings. The minimum Gasteiger partial charge on any atom is -0.352 e. The van der Waals surface area contributed by atoms with Gasteiger partial charge in [-0.25, -0.2) is 0 Å². The Labute approximate surface area is 206 Å². The smallest absolute Gasteiger partial charge is 0.352 e. The summed E-state index contributed by atoms with van der Waals surface area (Å²) in [6.45, 7) is 7.49. The number of ether oxygens (including phenoxy) is 2. The molecule has 11 heteroatoms. The lowest BCUT2D eigenvalue weighted by Crippen LogP contribution is -2.64. The van der Waals surface area contributed by atoms with E-state index in [2.05, 4.69) is 4.74 Å². The summed E-state index contributed by atoms with van der Waals surface area (Å²) in [5.74, 6) is -2.65. The van der Waals surface area contributed by atoms with Gasteiger partial charge in [-0.15, -0.1) is 0 Å². The van der Waals surface area contributed by atoms with Gasteiger partial charge in [0.1, 0.15) is 6.79 Å². The standard InChI is InChI=1S/C25H37F9O2/c1-13(2)18-7-6-14(3)8-20(18)35-12-36-22(24(29,30)31,25(32,33)34)11-21(23(26,27)28)10-17-9-19(21)16(5)15(17)4/h13-20H,6-12H2,1-5H3. The molecular weight excluding hydrogens is 503 g/mol. The molecule has 0 aromatic heterocycles. The molecule has 0 N–H and O–H groups in total. The van der Waals surface area contributed by atoms with Gasteiger partial charge < -0.3 is 9.47 Å². The van der Waals surface area contributed by atoms with E-state index >= 15 is 0 Å². The van der Waals surface area contributed by atoms with Crippen LogP contribution in [0.4, 0.5) is 39.5 Å². The fourth-order valence-corrected chi connectivity index (χ4v) is 7.35. The first-order valence-electron chi connectivity index (χ1n) is 12.7. The summed E-state index contributed by atoms with van der Waals surface area (Å²) in [6.07, 6.45) is -19.2. The highest BCUT2D eigenvalue weighted by Gasteiger charge is 2.79. The largest absolute Gasteiger partial charge is 0.426 e. The van der Waals surface area contributed by atoms with Gasteiger partial charge in [0.2, 0.25) is 0 Å². The molecule has 3 aliphatic carbocycles. The molecule has 8 unspecified atom stereocenters. The lowest BCUT2D eigenvalue weighted by molar-refractivity contribution is -0.413. The summed E-state index contributed by atoms with van der Waals surface area (Å²) in [4.78, 5) is 0. The average molecular weight is 541 g/mol. The van der Waals surface area contributed by atoms with Crippen molar-refractivity contribution in [2.24, 2.45) is 46.8 Å². The second kappa shape index (κ2) is 9.79. The molecule has 0 saturated heterocycles. The molecule has 0 radical (unpaired) electrons. The Hall–Kier alpha value is -0.710. The number of hydrogen-bond acceptors (Lipinski definition) is 2. The van der Waals surface area contributed by atoms with Crippen LogP contribution in [0.25, 0.3) is 0 Å². The maximum Gasteiger partial charge on any atom is 0.426 e. The van der Waals surface area contributed by atoms with E-state index in [1.165, 1.54) is 6.92 Å². The molecule has 3 fully saturated rings. The first-order valence-corrected chi connectivity index (χ1v) is 12.7. The number of rotatable bonds is 7. The topological polar surface area (TPSA) is 18.5 Å². The van der Waals surface area contributed by atoms with Crippen LogP contribution in [0.5, 0.6) is 0 Å². The molecule has 2 nitrogen and oxygen atoms in total. The van der Waals surface area contributed by atoms with E-state index in [1.807, 2.05) is 20.8 Å². The molecule has 0 aromatic rings. The van der Waals surface area contributed by atoms with E-state index in [0.29, 0.717) is 12.8 Å². The quantitative estimate of drug-likeness (QED) is 0.238. The molecule has 0 heterocycles. The Morgan fingerprint density at radius 1 is 0.833 bits per heavy atom. The van der Waals surface area contributed by atoms with Crippen LogP contribution in [0.1, 0.15) is 73.1 Å². The van der Waals surface area contributed by atoms with E-state index in [-0.39, 0.29) is 30.1 Å². The van der Waals surface area contributed by atoms with Crippen LogP contribution < -0.4 is 0 Å². The minimum absolute atomic E-state index is 0.0415. The van der Waals surface area contributed by atoms with E-state index in [1.54, 1.807) is 6.92 Å². The number of halogens is 9. The first-order chi connectivity index (χ1) is 16.3. The van der Waals surface area contributed by atoms with Gasteiger partial charge in [-0.1, -0.05) is 41.0 Å². The maximum atomic E-state index is 14.5. The third-order valence-corrected chi connectivity index (χ3v) is 9.69. The molecule has 0 aliphatic heterocycles. The Bertz CT molecular complexity index is 744. The molecule has 0 spiro atoms. The summed E-state index contributed by atoms with van der Waals surface area (Å²) in [5, 5.41) is 0. The summed E-state index contributed by atoms with van der Waals surface area (Å²) in [7, 11) is 0. The monoisotopic (exact) mass is 540 g/mol. The minimum atomic E-state index is -6.12. The van der Waals surface area contributed by atoms with Gasteiger partial charge in [-0.2, -0.15) is 39.5 Å². The lowest BCUT2D eigenvalue weighted by atomic mass is 9.61. The fourth-order valence-electron chi connectivity index (χ4n) is 7.35. The van der Waals surface area contributed by atoms with Crippen LogP contribution in [0, 0.1) is 46.8 Å². The van der Waals surface area contributed by atoms with Crippen molar-refractivity contribution in [3.8, 4) is 0 Å². The van der Waals surface area contributed by atoms with Gasteiger partial charge in [-0.05, 0) is 67.1 Å². The van der Waals surface area contributed by atoms with Crippen molar-refractivity contribution in [3.05, 3.63) is 0 Å². The zero-order valence-corrected chi connectivity index (χ0v) is 21.3. The predicted octanol–water partition coefficient (Wildman–Crippen LogP) is 8.55. The molecular formula is C25H37F9O2. The highest BCUT2D eigenvalue weighted by Crippen LogP contribution is 2.70. The highest BCUT2D eigenvalue weighted by atomic mass is 19.4. The Morgan fingerprint density at radius 2 is 1.42 bits per heavy atom. The third-order valence-electron chi connectivity index (χ3n) is 9.69. The van der Waals surface area contributed by atoms with Crippen molar-refractivity contribution < 1.29 is 49.0 Å². The summed E-state index contributed by atoms with van der Waals surface area (Å²) < 4.78 is 139. The van der Waals surface area contributed by atoms with E-state index in [9.17, 15) is 39.5 Å². The Balaban J connectivity index is 1.94. The second-order valence-electron chi connectivity index (χ2n) is 12.0.